The van der Waals surface area contributed by atoms with E-state index in [9.17, 15) is 4.79 Å². The van der Waals surface area contributed by atoms with Crippen molar-refractivity contribution in [2.75, 3.05) is 0 Å². The van der Waals surface area contributed by atoms with Crippen molar-refractivity contribution >= 4 is 5.78 Å². The summed E-state index contributed by atoms with van der Waals surface area (Å²) in [6.07, 6.45) is 4.89. The third-order valence-electron chi connectivity index (χ3n) is 3.87. The fraction of sp³-hybridized carbons (Fsp3) is 0.278. The number of aryl methyl sites for hydroxylation is 3. The average molecular weight is 250 g/mol. The van der Waals surface area contributed by atoms with Gasteiger partial charge >= 0.3 is 0 Å². The molecule has 0 atom stereocenters. The fourth-order valence-electron chi connectivity index (χ4n) is 2.79. The van der Waals surface area contributed by atoms with Gasteiger partial charge in [-0.3, -0.25) is 4.79 Å². The standard InChI is InChI=1S/C18H18O/c19-18-8-4-7-16-13-15(11-12-17(16)18)10-9-14-5-2-1-3-6-14/h1-3,5-6,11-13H,4,7-10H2. The molecule has 0 N–H and O–H groups in total. The van der Waals surface area contributed by atoms with Crippen molar-refractivity contribution in [3.05, 3.63) is 70.8 Å². The number of rotatable bonds is 3. The third-order valence-corrected chi connectivity index (χ3v) is 3.87. The summed E-state index contributed by atoms with van der Waals surface area (Å²) < 4.78 is 0. The van der Waals surface area contributed by atoms with Crippen LogP contribution in [0.4, 0.5) is 0 Å². The van der Waals surface area contributed by atoms with Crippen LogP contribution in [0, 0.1) is 0 Å². The molecule has 0 radical (unpaired) electrons. The van der Waals surface area contributed by atoms with Crippen LogP contribution in [0.2, 0.25) is 0 Å². The summed E-state index contributed by atoms with van der Waals surface area (Å²) in [6, 6.07) is 16.9. The van der Waals surface area contributed by atoms with Crippen molar-refractivity contribution in [1.82, 2.24) is 0 Å². The number of hydrogen-bond donors (Lipinski definition) is 0. The maximum atomic E-state index is 11.8. The largest absolute Gasteiger partial charge is 0.294 e. The summed E-state index contributed by atoms with van der Waals surface area (Å²) in [5, 5.41) is 0. The van der Waals surface area contributed by atoms with Gasteiger partial charge in [0.15, 0.2) is 5.78 Å². The molecule has 1 nitrogen and oxygen atoms in total. The lowest BCUT2D eigenvalue weighted by molar-refractivity contribution is 0.0972. The second-order valence-electron chi connectivity index (χ2n) is 5.25. The lowest BCUT2D eigenvalue weighted by Gasteiger charge is -2.15. The van der Waals surface area contributed by atoms with E-state index in [1.165, 1.54) is 16.7 Å². The Morgan fingerprint density at radius 3 is 2.47 bits per heavy atom. The topological polar surface area (TPSA) is 17.1 Å². The van der Waals surface area contributed by atoms with Gasteiger partial charge in [0.05, 0.1) is 0 Å². The molecule has 19 heavy (non-hydrogen) atoms. The van der Waals surface area contributed by atoms with Gasteiger partial charge in [0.2, 0.25) is 0 Å². The van der Waals surface area contributed by atoms with Gasteiger partial charge in [0, 0.05) is 12.0 Å². The zero-order valence-corrected chi connectivity index (χ0v) is 11.1. The number of carbonyl (C=O) groups excluding carboxylic acids is 1. The van der Waals surface area contributed by atoms with Gasteiger partial charge in [-0.15, -0.1) is 0 Å². The quantitative estimate of drug-likeness (QED) is 0.805. The van der Waals surface area contributed by atoms with Crippen LogP contribution in [0.3, 0.4) is 0 Å². The summed E-state index contributed by atoms with van der Waals surface area (Å²) in [5.41, 5.74) is 4.92. The Morgan fingerprint density at radius 1 is 0.842 bits per heavy atom. The van der Waals surface area contributed by atoms with Crippen LogP contribution in [-0.2, 0) is 19.3 Å². The average Bonchev–Trinajstić information content (AvgIpc) is 2.46. The summed E-state index contributed by atoms with van der Waals surface area (Å²) in [5.74, 6) is 0.316. The van der Waals surface area contributed by atoms with Gasteiger partial charge in [-0.05, 0) is 42.4 Å². The Hall–Kier alpha value is -1.89. The van der Waals surface area contributed by atoms with Crippen LogP contribution in [0.5, 0.6) is 0 Å². The Bertz CT molecular complexity index is 584. The highest BCUT2D eigenvalue weighted by Crippen LogP contribution is 2.23. The highest BCUT2D eigenvalue weighted by molar-refractivity contribution is 5.98. The Balaban J connectivity index is 1.74. The number of carbonyl (C=O) groups is 1. The van der Waals surface area contributed by atoms with Gasteiger partial charge in [-0.2, -0.15) is 0 Å². The molecule has 96 valence electrons. The molecule has 2 aromatic carbocycles. The molecule has 3 rings (SSSR count). The number of ketones is 1. The lowest BCUT2D eigenvalue weighted by atomic mass is 9.88. The highest BCUT2D eigenvalue weighted by atomic mass is 16.1. The molecule has 2 aromatic rings. The van der Waals surface area contributed by atoms with Gasteiger partial charge < -0.3 is 0 Å². The van der Waals surface area contributed by atoms with Crippen molar-refractivity contribution < 1.29 is 4.79 Å². The minimum atomic E-state index is 0.316. The van der Waals surface area contributed by atoms with E-state index in [-0.39, 0.29) is 0 Å². The van der Waals surface area contributed by atoms with Gasteiger partial charge in [0.25, 0.3) is 0 Å². The van der Waals surface area contributed by atoms with Crippen molar-refractivity contribution in [3.8, 4) is 0 Å². The molecule has 1 aliphatic rings. The summed E-state index contributed by atoms with van der Waals surface area (Å²) in [6.45, 7) is 0. The first-order valence-electron chi connectivity index (χ1n) is 7.02. The minimum Gasteiger partial charge on any atom is -0.294 e. The summed E-state index contributed by atoms with van der Waals surface area (Å²) >= 11 is 0. The molecule has 0 heterocycles. The number of benzene rings is 2. The van der Waals surface area contributed by atoms with Crippen LogP contribution in [-0.4, -0.2) is 5.78 Å². The SMILES string of the molecule is O=C1CCCc2cc(CCc3ccccc3)ccc21. The molecule has 1 heteroatoms. The smallest absolute Gasteiger partial charge is 0.163 e. The predicted molar refractivity (Wildman–Crippen MR) is 77.6 cm³/mol. The lowest BCUT2D eigenvalue weighted by Crippen LogP contribution is -2.11. The molecule has 0 aromatic heterocycles. The van der Waals surface area contributed by atoms with Crippen LogP contribution >= 0.6 is 0 Å². The molecule has 0 spiro atoms. The molecule has 0 saturated carbocycles. The summed E-state index contributed by atoms with van der Waals surface area (Å²) in [7, 11) is 0. The van der Waals surface area contributed by atoms with Crippen molar-refractivity contribution in [3.63, 3.8) is 0 Å². The van der Waals surface area contributed by atoms with Crippen LogP contribution in [0.25, 0.3) is 0 Å². The second kappa shape index (κ2) is 5.40. The van der Waals surface area contributed by atoms with Crippen LogP contribution < -0.4 is 0 Å². The molecule has 0 amide bonds. The minimum absolute atomic E-state index is 0.316. The van der Waals surface area contributed by atoms with Gasteiger partial charge in [0.1, 0.15) is 0 Å². The monoisotopic (exact) mass is 250 g/mol. The van der Waals surface area contributed by atoms with E-state index in [2.05, 4.69) is 36.4 Å². The molecule has 0 unspecified atom stereocenters. The normalized spacial score (nSPS) is 14.2. The molecular weight excluding hydrogens is 232 g/mol. The zero-order chi connectivity index (χ0) is 13.1. The Kier molecular flexibility index (Phi) is 3.45. The van der Waals surface area contributed by atoms with E-state index >= 15 is 0 Å². The molecule has 0 aliphatic heterocycles. The van der Waals surface area contributed by atoms with E-state index in [4.69, 9.17) is 0 Å². The Labute approximate surface area is 114 Å². The molecule has 1 aliphatic carbocycles. The highest BCUT2D eigenvalue weighted by Gasteiger charge is 2.16. The maximum Gasteiger partial charge on any atom is 0.163 e. The van der Waals surface area contributed by atoms with Crippen molar-refractivity contribution in [1.29, 1.82) is 0 Å². The molecule has 0 fully saturated rings. The number of fused-ring (bicyclic) bond motifs is 1. The summed E-state index contributed by atoms with van der Waals surface area (Å²) in [4.78, 5) is 11.8. The number of Topliss-reactive ketones (excluding diaryl/α,β-unsaturated/α-hetero) is 1. The predicted octanol–water partition coefficient (Wildman–Crippen LogP) is 3.99. The van der Waals surface area contributed by atoms with Crippen molar-refractivity contribution in [2.45, 2.75) is 32.1 Å². The van der Waals surface area contributed by atoms with E-state index in [1.807, 2.05) is 12.1 Å². The van der Waals surface area contributed by atoms with Gasteiger partial charge in [-0.25, -0.2) is 0 Å². The third kappa shape index (κ3) is 2.76. The zero-order valence-electron chi connectivity index (χ0n) is 11.1. The molecule has 0 bridgehead atoms. The van der Waals surface area contributed by atoms with Crippen molar-refractivity contribution in [2.24, 2.45) is 0 Å². The van der Waals surface area contributed by atoms with E-state index in [0.29, 0.717) is 5.78 Å². The maximum absolute atomic E-state index is 11.8. The van der Waals surface area contributed by atoms with E-state index in [0.717, 1.165) is 37.7 Å². The molecule has 0 saturated heterocycles. The van der Waals surface area contributed by atoms with E-state index < -0.39 is 0 Å². The first kappa shape index (κ1) is 12.2. The number of hydrogen-bond acceptors (Lipinski definition) is 1. The fourth-order valence-corrected chi connectivity index (χ4v) is 2.79. The molecular formula is C18H18O. The van der Waals surface area contributed by atoms with E-state index in [1.54, 1.807) is 0 Å². The first-order valence-corrected chi connectivity index (χ1v) is 7.02. The van der Waals surface area contributed by atoms with Crippen LogP contribution in [0.1, 0.15) is 39.9 Å². The van der Waals surface area contributed by atoms with Gasteiger partial charge in [-0.1, -0.05) is 48.5 Å². The first-order chi connectivity index (χ1) is 9.33. The second-order valence-corrected chi connectivity index (χ2v) is 5.25. The van der Waals surface area contributed by atoms with Crippen LogP contribution in [0.15, 0.2) is 48.5 Å². The Morgan fingerprint density at radius 2 is 1.63 bits per heavy atom.